The average molecular weight is 468 g/mol. The summed E-state index contributed by atoms with van der Waals surface area (Å²) in [4.78, 5) is 32.9. The van der Waals surface area contributed by atoms with Crippen LogP contribution >= 0.6 is 0 Å². The topological polar surface area (TPSA) is 90.4 Å². The van der Waals surface area contributed by atoms with Gasteiger partial charge in [0, 0.05) is 41.0 Å². The van der Waals surface area contributed by atoms with E-state index in [-0.39, 0.29) is 6.10 Å². The lowest BCUT2D eigenvalue weighted by molar-refractivity contribution is -0.109. The Labute approximate surface area is 198 Å². The summed E-state index contributed by atoms with van der Waals surface area (Å²) in [6, 6.07) is 11.0. The Balaban J connectivity index is 1.68. The molecule has 0 saturated carbocycles. The molecule has 0 N–H and O–H groups in total. The fourth-order valence-corrected chi connectivity index (χ4v) is 4.49. The molecule has 180 valence electrons. The summed E-state index contributed by atoms with van der Waals surface area (Å²) in [5, 5.41) is 0. The molecule has 1 saturated heterocycles. The fourth-order valence-electron chi connectivity index (χ4n) is 4.49. The predicted octanol–water partition coefficient (Wildman–Crippen LogP) is 3.26. The number of fused-ring (bicyclic) bond motifs is 1. The quantitative estimate of drug-likeness (QED) is 0.453. The van der Waals surface area contributed by atoms with Crippen molar-refractivity contribution >= 4 is 17.9 Å². The number of nitrogens with zero attached hydrogens (tertiary/aromatic N) is 3. The van der Waals surface area contributed by atoms with E-state index in [4.69, 9.17) is 23.9 Å². The van der Waals surface area contributed by atoms with Crippen molar-refractivity contribution < 1.29 is 28.5 Å². The number of anilines is 1. The Morgan fingerprint density at radius 3 is 2.62 bits per heavy atom. The van der Waals surface area contributed by atoms with Crippen LogP contribution in [0.3, 0.4) is 0 Å². The van der Waals surface area contributed by atoms with E-state index < -0.39 is 12.4 Å². The van der Waals surface area contributed by atoms with Gasteiger partial charge in [-0.25, -0.2) is 14.6 Å². The van der Waals surface area contributed by atoms with Crippen LogP contribution in [0, 0.1) is 0 Å². The molecular formula is C25H29N3O6. The zero-order chi connectivity index (χ0) is 24.1. The van der Waals surface area contributed by atoms with Crippen molar-refractivity contribution in [1.82, 2.24) is 9.88 Å². The first-order chi connectivity index (χ1) is 16.6. The number of carbonyl (C=O) groups is 1. The number of benzene rings is 1. The number of aryl methyl sites for hydroxylation is 1. The van der Waals surface area contributed by atoms with Crippen LogP contribution in [0.25, 0.3) is 0 Å². The molecule has 1 fully saturated rings. The molecule has 2 aliphatic heterocycles. The highest BCUT2D eigenvalue weighted by molar-refractivity contribution is 5.89. The second-order valence-corrected chi connectivity index (χ2v) is 8.18. The SMILES string of the molecule is COC1CCN(Cc2cc3c(nc2C(OC)OC)N(C(=O)Oc2ccccc2)CCC3)C1=C=O. The molecule has 9 nitrogen and oxygen atoms in total. The van der Waals surface area contributed by atoms with Crippen LogP contribution in [-0.2, 0) is 32.0 Å². The lowest BCUT2D eigenvalue weighted by Crippen LogP contribution is -2.39. The first kappa shape index (κ1) is 23.9. The van der Waals surface area contributed by atoms with E-state index in [1.807, 2.05) is 35.1 Å². The number of hydrogen-bond acceptors (Lipinski definition) is 8. The number of ether oxygens (including phenoxy) is 4. The first-order valence-electron chi connectivity index (χ1n) is 11.2. The number of likely N-dealkylation sites (tertiary alicyclic amines) is 1. The number of pyridine rings is 1. The lowest BCUT2D eigenvalue weighted by atomic mass is 10.0. The first-order valence-corrected chi connectivity index (χ1v) is 11.2. The van der Waals surface area contributed by atoms with E-state index in [2.05, 4.69) is 0 Å². The monoisotopic (exact) mass is 467 g/mol. The van der Waals surface area contributed by atoms with Crippen molar-refractivity contribution in [2.75, 3.05) is 39.3 Å². The van der Waals surface area contributed by atoms with Gasteiger partial charge in [0.1, 0.15) is 35.0 Å². The molecule has 1 amide bonds. The molecule has 1 atom stereocenters. The standard InChI is InChI=1S/C25H29N3O6/c1-31-21-11-13-27(20(21)16-29)15-18-14-17-8-7-12-28(23(17)26-22(18)24(32-2)33-3)25(30)34-19-9-5-4-6-10-19/h4-6,9-10,14,21,24H,7-8,11-13,15H2,1-3H3. The highest BCUT2D eigenvalue weighted by atomic mass is 16.7. The second kappa shape index (κ2) is 10.8. The van der Waals surface area contributed by atoms with Gasteiger partial charge in [0.05, 0.1) is 0 Å². The zero-order valence-corrected chi connectivity index (χ0v) is 19.7. The molecular weight excluding hydrogens is 438 g/mol. The van der Waals surface area contributed by atoms with Gasteiger partial charge in [0.2, 0.25) is 6.29 Å². The molecule has 0 aliphatic carbocycles. The Morgan fingerprint density at radius 2 is 1.94 bits per heavy atom. The Morgan fingerprint density at radius 1 is 1.18 bits per heavy atom. The van der Waals surface area contributed by atoms with Crippen molar-refractivity contribution in [1.29, 1.82) is 0 Å². The normalized spacial score (nSPS) is 17.6. The summed E-state index contributed by atoms with van der Waals surface area (Å²) < 4.78 is 22.0. The van der Waals surface area contributed by atoms with Crippen molar-refractivity contribution in [2.45, 2.75) is 38.2 Å². The van der Waals surface area contributed by atoms with E-state index in [0.717, 1.165) is 24.0 Å². The van der Waals surface area contributed by atoms with Gasteiger partial charge >= 0.3 is 6.09 Å². The van der Waals surface area contributed by atoms with Crippen LogP contribution in [0.5, 0.6) is 5.75 Å². The average Bonchev–Trinajstić information content (AvgIpc) is 3.26. The Bertz CT molecular complexity index is 1070. The van der Waals surface area contributed by atoms with Crippen LogP contribution in [0.15, 0.2) is 42.1 Å². The van der Waals surface area contributed by atoms with E-state index in [0.29, 0.717) is 49.0 Å². The molecule has 1 unspecified atom stereocenters. The molecule has 2 aromatic rings. The Kier molecular flexibility index (Phi) is 7.59. The maximum Gasteiger partial charge on any atom is 0.420 e. The van der Waals surface area contributed by atoms with E-state index in [1.165, 1.54) is 14.2 Å². The van der Waals surface area contributed by atoms with Gasteiger partial charge in [-0.05, 0) is 48.6 Å². The van der Waals surface area contributed by atoms with Crippen molar-refractivity contribution in [3.8, 4) is 5.75 Å². The fraction of sp³-hybridized carbons (Fsp3) is 0.440. The smallest absolute Gasteiger partial charge is 0.410 e. The van der Waals surface area contributed by atoms with Gasteiger partial charge in [-0.1, -0.05) is 18.2 Å². The van der Waals surface area contributed by atoms with Crippen molar-refractivity contribution in [2.24, 2.45) is 0 Å². The molecule has 9 heteroatoms. The number of rotatable bonds is 7. The third-order valence-corrected chi connectivity index (χ3v) is 6.15. The summed E-state index contributed by atoms with van der Waals surface area (Å²) in [5.41, 5.74) is 2.83. The van der Waals surface area contributed by atoms with Crippen LogP contribution in [0.4, 0.5) is 10.6 Å². The number of amides is 1. The Hall–Kier alpha value is -3.23. The highest BCUT2D eigenvalue weighted by Crippen LogP contribution is 2.34. The highest BCUT2D eigenvalue weighted by Gasteiger charge is 2.33. The molecule has 4 rings (SSSR count). The summed E-state index contributed by atoms with van der Waals surface area (Å²) in [6.07, 6.45) is 0.773. The van der Waals surface area contributed by atoms with Gasteiger partial charge in [0.15, 0.2) is 0 Å². The minimum absolute atomic E-state index is 0.268. The van der Waals surface area contributed by atoms with Gasteiger partial charge in [-0.2, -0.15) is 0 Å². The van der Waals surface area contributed by atoms with Gasteiger partial charge in [-0.3, -0.25) is 4.90 Å². The lowest BCUT2D eigenvalue weighted by Gasteiger charge is -2.30. The minimum atomic E-state index is -0.737. The molecule has 0 bridgehead atoms. The molecule has 0 spiro atoms. The van der Waals surface area contributed by atoms with Gasteiger partial charge < -0.3 is 23.8 Å². The number of para-hydroxylation sites is 1. The summed E-state index contributed by atoms with van der Waals surface area (Å²) >= 11 is 0. The van der Waals surface area contributed by atoms with E-state index >= 15 is 0 Å². The number of aromatic nitrogens is 1. The maximum absolute atomic E-state index is 13.0. The summed E-state index contributed by atoms with van der Waals surface area (Å²) in [7, 11) is 4.66. The molecule has 3 heterocycles. The van der Waals surface area contributed by atoms with Crippen LogP contribution < -0.4 is 9.64 Å². The molecule has 0 radical (unpaired) electrons. The number of carbonyl (C=O) groups excluding carboxylic acids is 2. The van der Waals surface area contributed by atoms with Crippen LogP contribution in [-0.4, -0.2) is 62.4 Å². The zero-order valence-electron chi connectivity index (χ0n) is 19.7. The summed E-state index contributed by atoms with van der Waals surface area (Å²) in [6.45, 7) is 1.59. The third kappa shape index (κ3) is 4.83. The third-order valence-electron chi connectivity index (χ3n) is 6.15. The number of hydrogen-bond donors (Lipinski definition) is 0. The molecule has 1 aromatic carbocycles. The molecule has 34 heavy (non-hydrogen) atoms. The maximum atomic E-state index is 13.0. The summed E-state index contributed by atoms with van der Waals surface area (Å²) in [5.74, 6) is 3.04. The van der Waals surface area contributed by atoms with Crippen molar-refractivity contribution in [3.63, 3.8) is 0 Å². The van der Waals surface area contributed by atoms with E-state index in [1.54, 1.807) is 24.1 Å². The van der Waals surface area contributed by atoms with Gasteiger partial charge in [-0.15, -0.1) is 0 Å². The van der Waals surface area contributed by atoms with E-state index in [9.17, 15) is 9.59 Å². The van der Waals surface area contributed by atoms with Crippen LogP contribution in [0.2, 0.25) is 0 Å². The van der Waals surface area contributed by atoms with Gasteiger partial charge in [0.25, 0.3) is 0 Å². The van der Waals surface area contributed by atoms with Crippen LogP contribution in [0.1, 0.15) is 36.0 Å². The van der Waals surface area contributed by atoms with Crippen molar-refractivity contribution in [3.05, 3.63) is 58.9 Å². The predicted molar refractivity (Wildman–Crippen MR) is 124 cm³/mol. The second-order valence-electron chi connectivity index (χ2n) is 8.18. The molecule has 2 aliphatic rings. The number of methoxy groups -OCH3 is 3. The molecule has 1 aromatic heterocycles. The minimum Gasteiger partial charge on any atom is -0.410 e. The largest absolute Gasteiger partial charge is 0.420 e.